The topological polar surface area (TPSA) is 41.1 Å². The molecule has 2 N–H and O–H groups in total. The van der Waals surface area contributed by atoms with Crippen LogP contribution in [0.2, 0.25) is 0 Å². The van der Waals surface area contributed by atoms with E-state index in [-0.39, 0.29) is 23.9 Å². The van der Waals surface area contributed by atoms with Gasteiger partial charge >= 0.3 is 0 Å². The summed E-state index contributed by atoms with van der Waals surface area (Å²) in [5.74, 6) is 2.77. The number of nitrogens with one attached hydrogen (secondary N) is 2. The van der Waals surface area contributed by atoms with E-state index in [0.29, 0.717) is 6.54 Å². The third-order valence-electron chi connectivity index (χ3n) is 5.67. The van der Waals surface area contributed by atoms with Gasteiger partial charge in [-0.05, 0) is 68.4 Å². The first kappa shape index (κ1) is 15.7. The van der Waals surface area contributed by atoms with E-state index in [1.807, 2.05) is 30.3 Å². The Hall–Kier alpha value is -1.22. The fraction of sp³-hybridized carbons (Fsp3) is 0.611. The second kappa shape index (κ2) is 6.11. The van der Waals surface area contributed by atoms with Crippen LogP contribution in [0.4, 0.5) is 5.69 Å². The van der Waals surface area contributed by atoms with Crippen molar-refractivity contribution in [3.8, 4) is 0 Å². The standard InChI is InChI=1S/C18H24N2O.ClH/c21-17(12-19-16-4-2-1-3-5-16)20-18-9-13-6-14(10-18)8-15(7-13)11-18;/h1-5,13-15,19H,6-12H2,(H,20,21);1H. The van der Waals surface area contributed by atoms with Gasteiger partial charge in [0, 0.05) is 11.2 Å². The molecule has 4 aliphatic carbocycles. The number of anilines is 1. The van der Waals surface area contributed by atoms with Crippen LogP contribution < -0.4 is 10.6 Å². The van der Waals surface area contributed by atoms with Crippen LogP contribution in [0.3, 0.4) is 0 Å². The van der Waals surface area contributed by atoms with Crippen LogP contribution in [0.25, 0.3) is 0 Å². The van der Waals surface area contributed by atoms with Gasteiger partial charge in [-0.15, -0.1) is 12.4 Å². The molecular weight excluding hydrogens is 296 g/mol. The number of rotatable bonds is 4. The lowest BCUT2D eigenvalue weighted by Crippen LogP contribution is -2.60. The lowest BCUT2D eigenvalue weighted by Gasteiger charge is -2.56. The van der Waals surface area contributed by atoms with Gasteiger partial charge in [-0.3, -0.25) is 4.79 Å². The van der Waals surface area contributed by atoms with Crippen molar-refractivity contribution in [2.24, 2.45) is 17.8 Å². The summed E-state index contributed by atoms with van der Waals surface area (Å²) < 4.78 is 0. The number of para-hydroxylation sites is 1. The van der Waals surface area contributed by atoms with E-state index in [0.717, 1.165) is 23.4 Å². The third-order valence-corrected chi connectivity index (χ3v) is 5.67. The second-order valence-electron chi connectivity index (χ2n) is 7.47. The first-order valence-electron chi connectivity index (χ1n) is 8.31. The Bertz CT molecular complexity index is 496. The van der Waals surface area contributed by atoms with Crippen molar-refractivity contribution in [2.75, 3.05) is 11.9 Å². The van der Waals surface area contributed by atoms with Gasteiger partial charge in [-0.1, -0.05) is 18.2 Å². The van der Waals surface area contributed by atoms with Crippen molar-refractivity contribution in [1.29, 1.82) is 0 Å². The maximum atomic E-state index is 12.3. The van der Waals surface area contributed by atoms with E-state index in [2.05, 4.69) is 10.6 Å². The number of halogens is 1. The molecule has 0 aromatic heterocycles. The van der Waals surface area contributed by atoms with Gasteiger partial charge in [0.1, 0.15) is 0 Å². The average molecular weight is 321 g/mol. The Morgan fingerprint density at radius 3 is 2.09 bits per heavy atom. The highest BCUT2D eigenvalue weighted by molar-refractivity contribution is 5.85. The van der Waals surface area contributed by atoms with Gasteiger partial charge < -0.3 is 10.6 Å². The summed E-state index contributed by atoms with van der Waals surface area (Å²) in [6.45, 7) is 0.381. The Morgan fingerprint density at radius 2 is 1.55 bits per heavy atom. The number of carbonyl (C=O) groups excluding carboxylic acids is 1. The number of hydrogen-bond acceptors (Lipinski definition) is 2. The molecule has 0 radical (unpaired) electrons. The predicted octanol–water partition coefficient (Wildman–Crippen LogP) is 3.61. The van der Waals surface area contributed by atoms with Gasteiger partial charge in [0.2, 0.25) is 5.91 Å². The zero-order valence-corrected chi connectivity index (χ0v) is 13.7. The van der Waals surface area contributed by atoms with Crippen LogP contribution in [-0.2, 0) is 4.79 Å². The molecular formula is C18H25ClN2O. The molecule has 4 saturated carbocycles. The smallest absolute Gasteiger partial charge is 0.239 e. The highest BCUT2D eigenvalue weighted by Crippen LogP contribution is 2.55. The van der Waals surface area contributed by atoms with Crippen molar-refractivity contribution >= 4 is 24.0 Å². The maximum absolute atomic E-state index is 12.3. The van der Waals surface area contributed by atoms with Crippen LogP contribution in [-0.4, -0.2) is 18.0 Å². The number of amides is 1. The van der Waals surface area contributed by atoms with Gasteiger partial charge in [0.15, 0.2) is 0 Å². The van der Waals surface area contributed by atoms with Crippen molar-refractivity contribution < 1.29 is 4.79 Å². The molecule has 5 rings (SSSR count). The summed E-state index contributed by atoms with van der Waals surface area (Å²) in [7, 11) is 0. The van der Waals surface area contributed by atoms with Gasteiger partial charge in [0.05, 0.1) is 6.54 Å². The summed E-state index contributed by atoms with van der Waals surface area (Å²) in [6, 6.07) is 9.95. The minimum Gasteiger partial charge on any atom is -0.376 e. The lowest BCUT2D eigenvalue weighted by molar-refractivity contribution is -0.125. The van der Waals surface area contributed by atoms with Gasteiger partial charge in [0.25, 0.3) is 0 Å². The number of hydrogen-bond donors (Lipinski definition) is 2. The van der Waals surface area contributed by atoms with Crippen molar-refractivity contribution in [3.05, 3.63) is 30.3 Å². The normalized spacial score (nSPS) is 34.8. The summed E-state index contributed by atoms with van der Waals surface area (Å²) in [4.78, 5) is 12.3. The summed E-state index contributed by atoms with van der Waals surface area (Å²) in [5, 5.41) is 6.61. The van der Waals surface area contributed by atoms with Crippen LogP contribution in [0.15, 0.2) is 30.3 Å². The fourth-order valence-corrected chi connectivity index (χ4v) is 5.34. The number of carbonyl (C=O) groups is 1. The zero-order chi connectivity index (χ0) is 14.3. The first-order valence-corrected chi connectivity index (χ1v) is 8.31. The van der Waals surface area contributed by atoms with E-state index in [1.165, 1.54) is 38.5 Å². The molecule has 1 amide bonds. The molecule has 3 nitrogen and oxygen atoms in total. The molecule has 0 heterocycles. The molecule has 1 aromatic rings. The minimum absolute atomic E-state index is 0. The highest BCUT2D eigenvalue weighted by Gasteiger charge is 2.51. The SMILES string of the molecule is Cl.O=C(CNc1ccccc1)NC12CC3CC(CC(C3)C1)C2. The molecule has 1 aromatic carbocycles. The third kappa shape index (κ3) is 3.10. The van der Waals surface area contributed by atoms with Crippen LogP contribution in [0, 0.1) is 17.8 Å². The molecule has 0 unspecified atom stereocenters. The quantitative estimate of drug-likeness (QED) is 0.890. The fourth-order valence-electron chi connectivity index (χ4n) is 5.34. The average Bonchev–Trinajstić information content (AvgIpc) is 2.44. The molecule has 4 bridgehead atoms. The molecule has 0 spiro atoms. The zero-order valence-electron chi connectivity index (χ0n) is 12.9. The highest BCUT2D eigenvalue weighted by atomic mass is 35.5. The molecule has 4 fully saturated rings. The summed E-state index contributed by atoms with van der Waals surface area (Å²) in [5.41, 5.74) is 1.14. The Morgan fingerprint density at radius 1 is 1.00 bits per heavy atom. The van der Waals surface area contributed by atoms with E-state index in [9.17, 15) is 4.79 Å². The number of benzene rings is 1. The van der Waals surface area contributed by atoms with E-state index < -0.39 is 0 Å². The molecule has 4 aliphatic rings. The van der Waals surface area contributed by atoms with Gasteiger partial charge in [-0.2, -0.15) is 0 Å². The van der Waals surface area contributed by atoms with Crippen LogP contribution in [0.5, 0.6) is 0 Å². The van der Waals surface area contributed by atoms with Crippen LogP contribution >= 0.6 is 12.4 Å². The molecule has 0 aliphatic heterocycles. The summed E-state index contributed by atoms with van der Waals surface area (Å²) in [6.07, 6.45) is 7.90. The Labute approximate surface area is 138 Å². The molecule has 0 atom stereocenters. The predicted molar refractivity (Wildman–Crippen MR) is 91.2 cm³/mol. The second-order valence-corrected chi connectivity index (χ2v) is 7.47. The first-order chi connectivity index (χ1) is 10.2. The Balaban J connectivity index is 0.00000144. The molecule has 0 saturated heterocycles. The van der Waals surface area contributed by atoms with Crippen molar-refractivity contribution in [1.82, 2.24) is 5.32 Å². The lowest BCUT2D eigenvalue weighted by atomic mass is 9.53. The molecule has 4 heteroatoms. The van der Waals surface area contributed by atoms with E-state index in [4.69, 9.17) is 0 Å². The monoisotopic (exact) mass is 320 g/mol. The minimum atomic E-state index is 0. The summed E-state index contributed by atoms with van der Waals surface area (Å²) >= 11 is 0. The maximum Gasteiger partial charge on any atom is 0.239 e. The largest absolute Gasteiger partial charge is 0.376 e. The van der Waals surface area contributed by atoms with Gasteiger partial charge in [-0.25, -0.2) is 0 Å². The van der Waals surface area contributed by atoms with E-state index in [1.54, 1.807) is 0 Å². The molecule has 120 valence electrons. The molecule has 22 heavy (non-hydrogen) atoms. The van der Waals surface area contributed by atoms with Crippen molar-refractivity contribution in [2.45, 2.75) is 44.1 Å². The van der Waals surface area contributed by atoms with E-state index >= 15 is 0 Å². The van der Waals surface area contributed by atoms with Crippen molar-refractivity contribution in [3.63, 3.8) is 0 Å². The van der Waals surface area contributed by atoms with Crippen LogP contribution in [0.1, 0.15) is 38.5 Å². The Kier molecular flexibility index (Phi) is 4.35.